The second kappa shape index (κ2) is 3.44. The first-order chi connectivity index (χ1) is 5.62. The van der Waals surface area contributed by atoms with Gasteiger partial charge in [-0.15, -0.1) is 13.2 Å². The van der Waals surface area contributed by atoms with Gasteiger partial charge in [0.25, 0.3) is 0 Å². The lowest BCUT2D eigenvalue weighted by Crippen LogP contribution is -2.21. The molecule has 0 unspecified atom stereocenters. The molecule has 1 aliphatic heterocycles. The Hall–Kier alpha value is -0.560. The topological polar surface area (TPSA) is 9.23 Å². The third kappa shape index (κ3) is 1.61. The standard InChI is InChI=1S/C11H18O/c1-5-7-10-8-11(4,6-2)9(3)12-10/h5-6,9-10H,1-2,7-8H2,3-4H3/t9-,10-,11+/m1/s1. The van der Waals surface area contributed by atoms with Crippen molar-refractivity contribution in [2.24, 2.45) is 5.41 Å². The Morgan fingerprint density at radius 1 is 1.58 bits per heavy atom. The fourth-order valence-electron chi connectivity index (χ4n) is 1.72. The molecule has 1 nitrogen and oxygen atoms in total. The van der Waals surface area contributed by atoms with Gasteiger partial charge in [0.05, 0.1) is 12.2 Å². The Kier molecular flexibility index (Phi) is 2.73. The molecule has 0 bridgehead atoms. The van der Waals surface area contributed by atoms with E-state index in [1.165, 1.54) is 0 Å². The van der Waals surface area contributed by atoms with Gasteiger partial charge in [0.15, 0.2) is 0 Å². The molecule has 0 aromatic heterocycles. The van der Waals surface area contributed by atoms with Gasteiger partial charge in [-0.2, -0.15) is 0 Å². The van der Waals surface area contributed by atoms with E-state index in [1.807, 2.05) is 12.2 Å². The van der Waals surface area contributed by atoms with Crippen LogP contribution in [0.2, 0.25) is 0 Å². The molecule has 1 heteroatoms. The summed E-state index contributed by atoms with van der Waals surface area (Å²) in [6.07, 6.45) is 6.60. The molecule has 3 atom stereocenters. The maximum Gasteiger partial charge on any atom is 0.0639 e. The van der Waals surface area contributed by atoms with E-state index < -0.39 is 0 Å². The Morgan fingerprint density at radius 3 is 2.67 bits per heavy atom. The third-order valence-electron chi connectivity index (χ3n) is 2.89. The lowest BCUT2D eigenvalue weighted by atomic mass is 9.82. The zero-order chi connectivity index (χ0) is 9.19. The summed E-state index contributed by atoms with van der Waals surface area (Å²) in [5, 5.41) is 0. The second-order valence-corrected chi connectivity index (χ2v) is 3.84. The number of rotatable bonds is 3. The molecule has 0 aliphatic carbocycles. The van der Waals surface area contributed by atoms with Crippen LogP contribution in [0.1, 0.15) is 26.7 Å². The summed E-state index contributed by atoms with van der Waals surface area (Å²) >= 11 is 0. The van der Waals surface area contributed by atoms with E-state index in [9.17, 15) is 0 Å². The Balaban J connectivity index is 2.61. The van der Waals surface area contributed by atoms with Crippen molar-refractivity contribution in [2.45, 2.75) is 38.9 Å². The lowest BCUT2D eigenvalue weighted by molar-refractivity contribution is 0.0394. The fraction of sp³-hybridized carbons (Fsp3) is 0.636. The summed E-state index contributed by atoms with van der Waals surface area (Å²) in [7, 11) is 0. The average molecular weight is 166 g/mol. The van der Waals surface area contributed by atoms with Crippen LogP contribution in [0.15, 0.2) is 25.3 Å². The predicted octanol–water partition coefficient (Wildman–Crippen LogP) is 2.93. The molecule has 68 valence electrons. The van der Waals surface area contributed by atoms with Crippen LogP contribution in [0.3, 0.4) is 0 Å². The average Bonchev–Trinajstić information content (AvgIpc) is 2.30. The van der Waals surface area contributed by atoms with Crippen molar-refractivity contribution in [1.29, 1.82) is 0 Å². The van der Waals surface area contributed by atoms with E-state index in [4.69, 9.17) is 4.74 Å². The van der Waals surface area contributed by atoms with Crippen molar-refractivity contribution in [1.82, 2.24) is 0 Å². The first kappa shape index (κ1) is 9.53. The molecule has 0 radical (unpaired) electrons. The summed E-state index contributed by atoms with van der Waals surface area (Å²) < 4.78 is 5.77. The van der Waals surface area contributed by atoms with Crippen LogP contribution < -0.4 is 0 Å². The molecule has 0 spiro atoms. The third-order valence-corrected chi connectivity index (χ3v) is 2.89. The van der Waals surface area contributed by atoms with Crippen molar-refractivity contribution in [3.63, 3.8) is 0 Å². The minimum absolute atomic E-state index is 0.160. The Morgan fingerprint density at radius 2 is 2.25 bits per heavy atom. The summed E-state index contributed by atoms with van der Waals surface area (Å²) in [4.78, 5) is 0. The van der Waals surface area contributed by atoms with Crippen LogP contribution in [0.4, 0.5) is 0 Å². The van der Waals surface area contributed by atoms with Gasteiger partial charge in [0.1, 0.15) is 0 Å². The maximum atomic E-state index is 5.77. The van der Waals surface area contributed by atoms with Crippen LogP contribution in [0.25, 0.3) is 0 Å². The zero-order valence-corrected chi connectivity index (χ0v) is 8.05. The number of hydrogen-bond donors (Lipinski definition) is 0. The van der Waals surface area contributed by atoms with Crippen molar-refractivity contribution >= 4 is 0 Å². The molecular weight excluding hydrogens is 148 g/mol. The van der Waals surface area contributed by atoms with Gasteiger partial charge in [0, 0.05) is 5.41 Å². The van der Waals surface area contributed by atoms with Crippen LogP contribution in [0.5, 0.6) is 0 Å². The molecule has 0 aromatic carbocycles. The van der Waals surface area contributed by atoms with Crippen LogP contribution in [-0.4, -0.2) is 12.2 Å². The SMILES string of the molecule is C=CC[C@@H]1C[C@](C)(C=C)[C@@H](C)O1. The first-order valence-corrected chi connectivity index (χ1v) is 4.52. The monoisotopic (exact) mass is 166 g/mol. The summed E-state index contributed by atoms with van der Waals surface area (Å²) in [6.45, 7) is 11.9. The molecule has 1 aliphatic rings. The number of hydrogen-bond acceptors (Lipinski definition) is 1. The molecule has 1 fully saturated rings. The van der Waals surface area contributed by atoms with Crippen molar-refractivity contribution in [3.8, 4) is 0 Å². The molecular formula is C11H18O. The molecule has 1 rings (SSSR count). The van der Waals surface area contributed by atoms with Crippen LogP contribution in [-0.2, 0) is 4.74 Å². The smallest absolute Gasteiger partial charge is 0.0639 e. The zero-order valence-electron chi connectivity index (χ0n) is 8.05. The molecule has 0 amide bonds. The lowest BCUT2D eigenvalue weighted by Gasteiger charge is -2.21. The highest BCUT2D eigenvalue weighted by Gasteiger charge is 2.39. The quantitative estimate of drug-likeness (QED) is 0.586. The molecule has 12 heavy (non-hydrogen) atoms. The van der Waals surface area contributed by atoms with E-state index >= 15 is 0 Å². The van der Waals surface area contributed by atoms with Gasteiger partial charge in [-0.3, -0.25) is 0 Å². The molecule has 1 saturated heterocycles. The highest BCUT2D eigenvalue weighted by molar-refractivity contribution is 5.02. The Bertz CT molecular complexity index is 185. The van der Waals surface area contributed by atoms with Crippen molar-refractivity contribution in [2.75, 3.05) is 0 Å². The summed E-state index contributed by atoms with van der Waals surface area (Å²) in [5.41, 5.74) is 0.160. The van der Waals surface area contributed by atoms with E-state index in [2.05, 4.69) is 27.0 Å². The van der Waals surface area contributed by atoms with Crippen LogP contribution in [0, 0.1) is 5.41 Å². The van der Waals surface area contributed by atoms with Gasteiger partial charge in [-0.05, 0) is 19.8 Å². The normalized spacial score (nSPS) is 41.2. The molecule has 0 N–H and O–H groups in total. The molecule has 0 aromatic rings. The van der Waals surface area contributed by atoms with Gasteiger partial charge in [-0.1, -0.05) is 19.1 Å². The highest BCUT2D eigenvalue weighted by atomic mass is 16.5. The summed E-state index contributed by atoms with van der Waals surface area (Å²) in [6, 6.07) is 0. The van der Waals surface area contributed by atoms with E-state index in [-0.39, 0.29) is 5.41 Å². The minimum atomic E-state index is 0.160. The second-order valence-electron chi connectivity index (χ2n) is 3.84. The largest absolute Gasteiger partial charge is 0.374 e. The molecule has 0 saturated carbocycles. The highest BCUT2D eigenvalue weighted by Crippen LogP contribution is 2.40. The van der Waals surface area contributed by atoms with Gasteiger partial charge in [-0.25, -0.2) is 0 Å². The summed E-state index contributed by atoms with van der Waals surface area (Å²) in [5.74, 6) is 0. The van der Waals surface area contributed by atoms with E-state index in [1.54, 1.807) is 0 Å². The van der Waals surface area contributed by atoms with Crippen molar-refractivity contribution in [3.05, 3.63) is 25.3 Å². The first-order valence-electron chi connectivity index (χ1n) is 4.52. The van der Waals surface area contributed by atoms with Gasteiger partial charge >= 0.3 is 0 Å². The fourth-order valence-corrected chi connectivity index (χ4v) is 1.72. The Labute approximate surface area is 75.1 Å². The van der Waals surface area contributed by atoms with Crippen LogP contribution >= 0.6 is 0 Å². The number of ether oxygens (including phenoxy) is 1. The van der Waals surface area contributed by atoms with Crippen molar-refractivity contribution < 1.29 is 4.74 Å². The van der Waals surface area contributed by atoms with Gasteiger partial charge in [0.2, 0.25) is 0 Å². The predicted molar refractivity (Wildman–Crippen MR) is 52.1 cm³/mol. The van der Waals surface area contributed by atoms with Gasteiger partial charge < -0.3 is 4.74 Å². The van der Waals surface area contributed by atoms with E-state index in [0.717, 1.165) is 12.8 Å². The maximum absolute atomic E-state index is 5.77. The minimum Gasteiger partial charge on any atom is -0.374 e. The molecule has 1 heterocycles. The van der Waals surface area contributed by atoms with E-state index in [0.29, 0.717) is 12.2 Å².